The molecule has 2 aromatic rings. The van der Waals surface area contributed by atoms with Crippen molar-refractivity contribution in [1.29, 1.82) is 0 Å². The van der Waals surface area contributed by atoms with Crippen LogP contribution in [0.15, 0.2) is 48.8 Å². The minimum Gasteiger partial charge on any atom is -0.491 e. The van der Waals surface area contributed by atoms with Crippen molar-refractivity contribution in [3.05, 3.63) is 48.8 Å². The Hall–Kier alpha value is -1.87. The topological polar surface area (TPSA) is 34.1 Å². The molecule has 104 valence electrons. The van der Waals surface area contributed by atoms with Crippen LogP contribution in [0.4, 0.5) is 0 Å². The van der Waals surface area contributed by atoms with E-state index in [-0.39, 0.29) is 0 Å². The van der Waals surface area contributed by atoms with Gasteiger partial charge in [0.1, 0.15) is 12.4 Å². The van der Waals surface area contributed by atoms with Crippen LogP contribution in [0.1, 0.15) is 19.3 Å². The summed E-state index contributed by atoms with van der Waals surface area (Å²) in [6.07, 6.45) is 7.41. The predicted molar refractivity (Wildman–Crippen MR) is 80.8 cm³/mol. The number of hydrogen-bond acceptors (Lipinski definition) is 3. The minimum atomic E-state index is 0.481. The summed E-state index contributed by atoms with van der Waals surface area (Å²) >= 11 is 0. The first-order valence-corrected chi connectivity index (χ1v) is 7.29. The zero-order chi connectivity index (χ0) is 13.6. The Balaban J connectivity index is 1.73. The number of nitrogens with zero attached hydrogens (tertiary/aromatic N) is 1. The van der Waals surface area contributed by atoms with E-state index in [1.165, 1.54) is 19.3 Å². The van der Waals surface area contributed by atoms with E-state index in [0.29, 0.717) is 6.04 Å². The molecule has 3 heteroatoms. The van der Waals surface area contributed by atoms with E-state index >= 15 is 0 Å². The van der Waals surface area contributed by atoms with Crippen molar-refractivity contribution in [2.24, 2.45) is 0 Å². The molecule has 3 rings (SSSR count). The molecule has 1 fully saturated rings. The summed E-state index contributed by atoms with van der Waals surface area (Å²) in [6.45, 7) is 1.85. The number of piperidine rings is 1. The van der Waals surface area contributed by atoms with Crippen molar-refractivity contribution >= 4 is 0 Å². The fourth-order valence-electron chi connectivity index (χ4n) is 2.62. The second-order valence-corrected chi connectivity index (χ2v) is 5.19. The quantitative estimate of drug-likeness (QED) is 0.924. The Morgan fingerprint density at radius 2 is 1.95 bits per heavy atom. The van der Waals surface area contributed by atoms with Crippen LogP contribution in [0.3, 0.4) is 0 Å². The Bertz CT molecular complexity index is 536. The summed E-state index contributed by atoms with van der Waals surface area (Å²) in [4.78, 5) is 4.07. The van der Waals surface area contributed by atoms with Crippen molar-refractivity contribution in [3.63, 3.8) is 0 Å². The van der Waals surface area contributed by atoms with Gasteiger partial charge in [0.05, 0.1) is 0 Å². The third-order valence-corrected chi connectivity index (χ3v) is 3.73. The van der Waals surface area contributed by atoms with Crippen molar-refractivity contribution in [1.82, 2.24) is 10.3 Å². The number of aromatic nitrogens is 1. The maximum atomic E-state index is 6.05. The van der Waals surface area contributed by atoms with Crippen molar-refractivity contribution in [2.75, 3.05) is 13.2 Å². The SMILES string of the molecule is c1ccc(-c2ccncc2)c(OCC2CCCCN2)c1. The number of pyridine rings is 1. The molecule has 0 saturated carbocycles. The number of ether oxygens (including phenoxy) is 1. The standard InChI is InChI=1S/C17H20N2O/c1-2-7-17(20-13-15-5-3-4-10-19-15)16(6-1)14-8-11-18-12-9-14/h1-2,6-9,11-12,15,19H,3-5,10,13H2. The van der Waals surface area contributed by atoms with Crippen LogP contribution < -0.4 is 10.1 Å². The van der Waals surface area contributed by atoms with Gasteiger partial charge in [-0.15, -0.1) is 0 Å². The lowest BCUT2D eigenvalue weighted by molar-refractivity contribution is 0.240. The maximum absolute atomic E-state index is 6.05. The Morgan fingerprint density at radius 1 is 1.10 bits per heavy atom. The number of benzene rings is 1. The average Bonchev–Trinajstić information content (AvgIpc) is 2.55. The highest BCUT2D eigenvalue weighted by Gasteiger charge is 2.14. The second-order valence-electron chi connectivity index (χ2n) is 5.19. The normalized spacial score (nSPS) is 18.7. The number of rotatable bonds is 4. The third-order valence-electron chi connectivity index (χ3n) is 3.73. The van der Waals surface area contributed by atoms with Crippen molar-refractivity contribution in [3.8, 4) is 16.9 Å². The summed E-state index contributed by atoms with van der Waals surface area (Å²) < 4.78 is 6.05. The highest BCUT2D eigenvalue weighted by atomic mass is 16.5. The molecule has 0 bridgehead atoms. The first-order valence-electron chi connectivity index (χ1n) is 7.29. The molecule has 1 saturated heterocycles. The van der Waals surface area contributed by atoms with Gasteiger partial charge < -0.3 is 10.1 Å². The summed E-state index contributed by atoms with van der Waals surface area (Å²) in [6, 6.07) is 12.7. The highest BCUT2D eigenvalue weighted by molar-refractivity contribution is 5.69. The Labute approximate surface area is 120 Å². The van der Waals surface area contributed by atoms with Gasteiger partial charge in [-0.1, -0.05) is 24.6 Å². The highest BCUT2D eigenvalue weighted by Crippen LogP contribution is 2.29. The fraction of sp³-hybridized carbons (Fsp3) is 0.353. The van der Waals surface area contributed by atoms with Gasteiger partial charge in [0.25, 0.3) is 0 Å². The van der Waals surface area contributed by atoms with Crippen molar-refractivity contribution < 1.29 is 4.74 Å². The van der Waals surface area contributed by atoms with E-state index in [4.69, 9.17) is 4.74 Å². The van der Waals surface area contributed by atoms with E-state index in [1.54, 1.807) is 0 Å². The molecule has 1 aromatic heterocycles. The van der Waals surface area contributed by atoms with Crippen molar-refractivity contribution in [2.45, 2.75) is 25.3 Å². The molecule has 1 unspecified atom stereocenters. The van der Waals surface area contributed by atoms with Gasteiger partial charge in [0.15, 0.2) is 0 Å². The summed E-state index contributed by atoms with van der Waals surface area (Å²) in [5.41, 5.74) is 2.28. The molecule has 0 spiro atoms. The van der Waals surface area contributed by atoms with Crippen LogP contribution in [0, 0.1) is 0 Å². The van der Waals surface area contributed by atoms with E-state index in [0.717, 1.165) is 30.0 Å². The monoisotopic (exact) mass is 268 g/mol. The van der Waals surface area contributed by atoms with Crippen LogP contribution >= 0.6 is 0 Å². The fourth-order valence-corrected chi connectivity index (χ4v) is 2.62. The van der Waals surface area contributed by atoms with Crippen LogP contribution in [-0.2, 0) is 0 Å². The molecule has 0 amide bonds. The van der Waals surface area contributed by atoms with Gasteiger partial charge in [0, 0.05) is 24.0 Å². The van der Waals surface area contributed by atoms with Gasteiger partial charge in [-0.3, -0.25) is 4.98 Å². The summed E-state index contributed by atoms with van der Waals surface area (Å²) in [7, 11) is 0. The molecule has 1 N–H and O–H groups in total. The summed E-state index contributed by atoms with van der Waals surface area (Å²) in [5.74, 6) is 0.950. The molecule has 1 aliphatic heterocycles. The minimum absolute atomic E-state index is 0.481. The zero-order valence-electron chi connectivity index (χ0n) is 11.6. The first-order chi connectivity index (χ1) is 9.93. The number of nitrogens with one attached hydrogen (secondary N) is 1. The van der Waals surface area contributed by atoms with Gasteiger partial charge >= 0.3 is 0 Å². The van der Waals surface area contributed by atoms with E-state index in [2.05, 4.69) is 16.4 Å². The zero-order valence-corrected chi connectivity index (χ0v) is 11.6. The molecule has 3 nitrogen and oxygen atoms in total. The van der Waals surface area contributed by atoms with Crippen LogP contribution in [0.25, 0.3) is 11.1 Å². The Morgan fingerprint density at radius 3 is 2.75 bits per heavy atom. The molecular formula is C17H20N2O. The van der Waals surface area contributed by atoms with Crippen LogP contribution in [0.5, 0.6) is 5.75 Å². The lowest BCUT2D eigenvalue weighted by Gasteiger charge is -2.24. The van der Waals surface area contributed by atoms with E-state index in [9.17, 15) is 0 Å². The molecule has 2 heterocycles. The van der Waals surface area contributed by atoms with Gasteiger partial charge in [-0.25, -0.2) is 0 Å². The number of hydrogen-bond donors (Lipinski definition) is 1. The predicted octanol–water partition coefficient (Wildman–Crippen LogP) is 3.27. The average molecular weight is 268 g/mol. The maximum Gasteiger partial charge on any atom is 0.127 e. The van der Waals surface area contributed by atoms with Gasteiger partial charge in [0.2, 0.25) is 0 Å². The molecular weight excluding hydrogens is 248 g/mol. The lowest BCUT2D eigenvalue weighted by atomic mass is 10.1. The molecule has 0 aliphatic carbocycles. The smallest absolute Gasteiger partial charge is 0.127 e. The molecule has 1 aromatic carbocycles. The molecule has 1 aliphatic rings. The molecule has 20 heavy (non-hydrogen) atoms. The van der Waals surface area contributed by atoms with Gasteiger partial charge in [-0.05, 0) is 43.1 Å². The number of para-hydroxylation sites is 1. The first kappa shape index (κ1) is 13.1. The van der Waals surface area contributed by atoms with E-state index < -0.39 is 0 Å². The summed E-state index contributed by atoms with van der Waals surface area (Å²) in [5, 5.41) is 3.51. The third kappa shape index (κ3) is 3.17. The second kappa shape index (κ2) is 6.53. The van der Waals surface area contributed by atoms with Crippen LogP contribution in [-0.4, -0.2) is 24.2 Å². The largest absolute Gasteiger partial charge is 0.491 e. The van der Waals surface area contributed by atoms with Crippen LogP contribution in [0.2, 0.25) is 0 Å². The van der Waals surface area contributed by atoms with E-state index in [1.807, 2.05) is 42.7 Å². The molecule has 1 atom stereocenters. The Kier molecular flexibility index (Phi) is 4.28. The molecule has 0 radical (unpaired) electrons. The lowest BCUT2D eigenvalue weighted by Crippen LogP contribution is -2.38. The van der Waals surface area contributed by atoms with Gasteiger partial charge in [-0.2, -0.15) is 0 Å².